The zero-order valence-corrected chi connectivity index (χ0v) is 11.2. The van der Waals surface area contributed by atoms with Crippen molar-refractivity contribution < 1.29 is 19.1 Å². The fraction of sp³-hybridized carbons (Fsp3) is 0.0909. The monoisotopic (exact) mass is 327 g/mol. The number of carbonyl (C=O) groups is 2. The molecular weight excluding hydrogens is 322 g/mol. The first-order valence-corrected chi connectivity index (χ1v) is 6.71. The van der Waals surface area contributed by atoms with Crippen LogP contribution in [0.15, 0.2) is 37.9 Å². The molecule has 92 valence electrons. The summed E-state index contributed by atoms with van der Waals surface area (Å²) < 4.78 is 5.87. The van der Waals surface area contributed by atoms with Gasteiger partial charge in [0.1, 0.15) is 16.8 Å². The minimum absolute atomic E-state index is 0.0350. The highest BCUT2D eigenvalue weighted by Gasteiger charge is 2.49. The van der Waals surface area contributed by atoms with Crippen molar-refractivity contribution in [3.63, 3.8) is 0 Å². The summed E-state index contributed by atoms with van der Waals surface area (Å²) in [6.07, 6.45) is 1.64. The Hall–Kier alpha value is -1.47. The summed E-state index contributed by atoms with van der Waals surface area (Å²) in [6, 6.07) is 3.47. The Bertz CT molecular complexity index is 618. The molecule has 2 aliphatic rings. The zero-order valence-electron chi connectivity index (χ0n) is 8.79. The lowest BCUT2D eigenvalue weighted by atomic mass is 10.0. The number of rotatable bonds is 2. The fourth-order valence-corrected chi connectivity index (χ4v) is 3.26. The third-order valence-corrected chi connectivity index (χ3v) is 4.15. The van der Waals surface area contributed by atoms with E-state index in [-0.39, 0.29) is 17.0 Å². The lowest BCUT2D eigenvalue weighted by Crippen LogP contribution is -2.51. The van der Waals surface area contributed by atoms with Gasteiger partial charge < -0.3 is 9.52 Å². The molecule has 3 heterocycles. The van der Waals surface area contributed by atoms with Crippen molar-refractivity contribution in [1.29, 1.82) is 0 Å². The Morgan fingerprint density at radius 3 is 2.94 bits per heavy atom. The number of fused-ring (bicyclic) bond motifs is 1. The van der Waals surface area contributed by atoms with Crippen molar-refractivity contribution in [2.45, 2.75) is 5.37 Å². The Balaban J connectivity index is 1.86. The number of hydrogen-bond donors (Lipinski definition) is 1. The molecule has 1 N–H and O–H groups in total. The number of carboxylic acid groups (broad SMARTS) is 1. The second-order valence-corrected chi connectivity index (χ2v) is 5.45. The van der Waals surface area contributed by atoms with E-state index >= 15 is 0 Å². The Kier molecular flexibility index (Phi) is 2.60. The molecule has 7 heteroatoms. The Morgan fingerprint density at radius 2 is 2.33 bits per heavy atom. The summed E-state index contributed by atoms with van der Waals surface area (Å²) >= 11 is 4.48. The number of amides is 1. The first kappa shape index (κ1) is 11.6. The van der Waals surface area contributed by atoms with Crippen LogP contribution in [0.25, 0.3) is 6.08 Å². The maximum Gasteiger partial charge on any atom is 0.353 e. The van der Waals surface area contributed by atoms with Gasteiger partial charge in [-0.1, -0.05) is 0 Å². The van der Waals surface area contributed by atoms with Crippen LogP contribution in [0.4, 0.5) is 0 Å². The molecule has 1 fully saturated rings. The van der Waals surface area contributed by atoms with Crippen LogP contribution in [0, 0.1) is 0 Å². The van der Waals surface area contributed by atoms with Crippen LogP contribution in [0.1, 0.15) is 5.76 Å². The molecule has 0 aliphatic carbocycles. The summed E-state index contributed by atoms with van der Waals surface area (Å²) in [6.45, 7) is 0. The molecule has 1 saturated heterocycles. The van der Waals surface area contributed by atoms with Crippen molar-refractivity contribution in [3.8, 4) is 0 Å². The number of furan rings is 1. The quantitative estimate of drug-likeness (QED) is 0.666. The lowest BCUT2D eigenvalue weighted by molar-refractivity contribution is -0.141. The predicted molar refractivity (Wildman–Crippen MR) is 68.3 cm³/mol. The van der Waals surface area contributed by atoms with Gasteiger partial charge in [-0.2, -0.15) is 0 Å². The fourth-order valence-electron chi connectivity index (χ4n) is 1.83. The first-order valence-electron chi connectivity index (χ1n) is 4.97. The van der Waals surface area contributed by atoms with Crippen molar-refractivity contribution in [2.75, 3.05) is 0 Å². The summed E-state index contributed by atoms with van der Waals surface area (Å²) in [5.41, 5.74) is 0.585. The average molecular weight is 328 g/mol. The number of carboxylic acids is 1. The third kappa shape index (κ3) is 1.62. The highest BCUT2D eigenvalue weighted by molar-refractivity contribution is 9.10. The summed E-state index contributed by atoms with van der Waals surface area (Å²) in [5, 5.41) is 10.2. The third-order valence-electron chi connectivity index (χ3n) is 2.65. The largest absolute Gasteiger partial charge is 0.477 e. The van der Waals surface area contributed by atoms with E-state index in [9.17, 15) is 9.59 Å². The van der Waals surface area contributed by atoms with E-state index in [0.717, 1.165) is 0 Å². The number of thioether (sulfide) groups is 1. The molecule has 0 radical (unpaired) electrons. The maximum absolute atomic E-state index is 11.9. The molecule has 0 aromatic carbocycles. The van der Waals surface area contributed by atoms with Crippen LogP contribution in [-0.4, -0.2) is 27.3 Å². The number of nitrogens with zero attached hydrogens (tertiary/aromatic N) is 1. The molecular formula is C11H6BrNO4S. The SMILES string of the molecule is O=C(O)C1=CS[C@@H]2C(=Cc3ccc(Br)o3)C(=O)N12. The van der Waals surface area contributed by atoms with Crippen molar-refractivity contribution >= 4 is 45.6 Å². The molecule has 1 aromatic rings. The highest BCUT2D eigenvalue weighted by atomic mass is 79.9. The van der Waals surface area contributed by atoms with Gasteiger partial charge in [0.25, 0.3) is 5.91 Å². The smallest absolute Gasteiger partial charge is 0.353 e. The molecule has 3 rings (SSSR count). The number of hydrogen-bond acceptors (Lipinski definition) is 4. The summed E-state index contributed by atoms with van der Waals surface area (Å²) in [4.78, 5) is 24.0. The maximum atomic E-state index is 11.9. The number of β-lactam (4-membered cyclic amide) rings is 1. The molecule has 1 aromatic heterocycles. The van der Waals surface area contributed by atoms with E-state index in [0.29, 0.717) is 16.0 Å². The second-order valence-electron chi connectivity index (χ2n) is 3.71. The van der Waals surface area contributed by atoms with Crippen molar-refractivity contribution in [2.24, 2.45) is 0 Å². The molecule has 5 nitrogen and oxygen atoms in total. The number of carbonyl (C=O) groups excluding carboxylic acids is 1. The topological polar surface area (TPSA) is 70.7 Å². The molecule has 1 amide bonds. The first-order chi connectivity index (χ1) is 8.58. The van der Waals surface area contributed by atoms with E-state index in [4.69, 9.17) is 9.52 Å². The predicted octanol–water partition coefficient (Wildman–Crippen LogP) is 2.27. The van der Waals surface area contributed by atoms with E-state index in [1.165, 1.54) is 22.1 Å². The van der Waals surface area contributed by atoms with Crippen LogP contribution in [0.2, 0.25) is 0 Å². The van der Waals surface area contributed by atoms with Gasteiger partial charge in [-0.05, 0) is 34.1 Å². The van der Waals surface area contributed by atoms with Gasteiger partial charge in [0, 0.05) is 5.41 Å². The van der Waals surface area contributed by atoms with Gasteiger partial charge >= 0.3 is 5.97 Å². The molecule has 2 aliphatic heterocycles. The zero-order chi connectivity index (χ0) is 12.9. The standard InChI is InChI=1S/C11H6BrNO4S/c12-8-2-1-5(17-8)3-6-9(14)13-7(11(15)16)4-18-10(6)13/h1-4,10H,(H,15,16)/t10-/m1/s1. The molecule has 18 heavy (non-hydrogen) atoms. The summed E-state index contributed by atoms with van der Waals surface area (Å²) in [7, 11) is 0. The highest BCUT2D eigenvalue weighted by Crippen LogP contribution is 2.45. The van der Waals surface area contributed by atoms with Crippen molar-refractivity contribution in [3.05, 3.63) is 39.2 Å². The Labute approximate surface area is 114 Å². The van der Waals surface area contributed by atoms with Gasteiger partial charge in [0.15, 0.2) is 4.67 Å². The summed E-state index contributed by atoms with van der Waals surface area (Å²) in [5.74, 6) is -0.807. The molecule has 0 bridgehead atoms. The van der Waals surface area contributed by atoms with Crippen LogP contribution < -0.4 is 0 Å². The minimum atomic E-state index is -1.09. The molecule has 0 saturated carbocycles. The van der Waals surface area contributed by atoms with E-state index < -0.39 is 5.97 Å². The molecule has 0 unspecified atom stereocenters. The van der Waals surface area contributed by atoms with Crippen LogP contribution >= 0.6 is 27.7 Å². The Morgan fingerprint density at radius 1 is 1.56 bits per heavy atom. The second kappa shape index (κ2) is 4.03. The van der Waals surface area contributed by atoms with Gasteiger partial charge in [-0.15, -0.1) is 11.8 Å². The van der Waals surface area contributed by atoms with E-state index in [2.05, 4.69) is 15.9 Å². The van der Waals surface area contributed by atoms with Crippen LogP contribution in [0.3, 0.4) is 0 Å². The van der Waals surface area contributed by atoms with Crippen molar-refractivity contribution in [1.82, 2.24) is 4.90 Å². The molecule has 1 atom stereocenters. The van der Waals surface area contributed by atoms with Gasteiger partial charge in [-0.25, -0.2) is 4.79 Å². The van der Waals surface area contributed by atoms with E-state index in [1.807, 2.05) is 0 Å². The van der Waals surface area contributed by atoms with E-state index in [1.54, 1.807) is 18.2 Å². The number of halogens is 1. The van der Waals surface area contributed by atoms with Crippen LogP contribution in [-0.2, 0) is 9.59 Å². The van der Waals surface area contributed by atoms with Gasteiger partial charge in [0.2, 0.25) is 0 Å². The normalized spacial score (nSPS) is 23.9. The number of aliphatic carboxylic acids is 1. The van der Waals surface area contributed by atoms with Crippen LogP contribution in [0.5, 0.6) is 0 Å². The van der Waals surface area contributed by atoms with Gasteiger partial charge in [0.05, 0.1) is 5.57 Å². The molecule has 0 spiro atoms. The lowest BCUT2D eigenvalue weighted by Gasteiger charge is -2.36. The average Bonchev–Trinajstić information content (AvgIpc) is 2.89. The van der Waals surface area contributed by atoms with Gasteiger partial charge in [-0.3, -0.25) is 9.69 Å². The minimum Gasteiger partial charge on any atom is -0.477 e.